The number of carbonyl (C=O) groups is 2. The Morgan fingerprint density at radius 3 is 2.19 bits per heavy atom. The Bertz CT molecular complexity index is 1770. The number of anilines is 1. The van der Waals surface area contributed by atoms with E-state index in [1.54, 1.807) is 12.1 Å². The highest BCUT2D eigenvalue weighted by atomic mass is 79.9. The first-order valence-electron chi connectivity index (χ1n) is 14.9. The summed E-state index contributed by atoms with van der Waals surface area (Å²) >= 11 is 9.65. The molecule has 0 heterocycles. The molecule has 0 aliphatic carbocycles. The number of sulfonamides is 1. The zero-order valence-electron chi connectivity index (χ0n) is 26.4. The van der Waals surface area contributed by atoms with E-state index < -0.39 is 28.5 Å². The molecule has 4 aromatic rings. The van der Waals surface area contributed by atoms with E-state index in [0.29, 0.717) is 23.7 Å². The van der Waals surface area contributed by atoms with Crippen LogP contribution in [-0.4, -0.2) is 58.5 Å². The fraction of sp³-hybridized carbons (Fsp3) is 0.257. The van der Waals surface area contributed by atoms with E-state index >= 15 is 0 Å². The van der Waals surface area contributed by atoms with E-state index in [4.69, 9.17) is 21.1 Å². The standard InChI is InChI=1S/C35H37BrClN3O6S/c1-4-19-38-35(42)31(21-25-9-6-5-7-10-25)39(23-26-11-8-12-27(36)20-26)34(41)24-40(29-15-13-28(37)14-16-29)47(43,44)30-17-18-32(45-2)33(22-30)46-3/h5-18,20,22,31H,4,19,21,23-24H2,1-3H3,(H,38,42). The second-order valence-electron chi connectivity index (χ2n) is 10.7. The lowest BCUT2D eigenvalue weighted by atomic mass is 10.0. The first-order valence-corrected chi connectivity index (χ1v) is 17.5. The second-order valence-corrected chi connectivity index (χ2v) is 13.9. The molecule has 2 amide bonds. The van der Waals surface area contributed by atoms with Gasteiger partial charge >= 0.3 is 0 Å². The molecule has 0 saturated heterocycles. The van der Waals surface area contributed by atoms with Crippen LogP contribution >= 0.6 is 27.5 Å². The lowest BCUT2D eigenvalue weighted by Gasteiger charge is -2.34. The van der Waals surface area contributed by atoms with E-state index in [-0.39, 0.29) is 35.2 Å². The highest BCUT2D eigenvalue weighted by Gasteiger charge is 2.35. The van der Waals surface area contributed by atoms with Crippen LogP contribution in [0.1, 0.15) is 24.5 Å². The van der Waals surface area contributed by atoms with Gasteiger partial charge in [-0.2, -0.15) is 0 Å². The van der Waals surface area contributed by atoms with Gasteiger partial charge in [-0.1, -0.05) is 76.9 Å². The zero-order chi connectivity index (χ0) is 34.0. The number of benzene rings is 4. The van der Waals surface area contributed by atoms with Gasteiger partial charge in [0.2, 0.25) is 11.8 Å². The molecule has 0 aliphatic heterocycles. The molecule has 1 unspecified atom stereocenters. The number of amides is 2. The molecule has 0 bridgehead atoms. The van der Waals surface area contributed by atoms with E-state index in [1.165, 1.54) is 49.5 Å². The summed E-state index contributed by atoms with van der Waals surface area (Å²) in [4.78, 5) is 29.7. The van der Waals surface area contributed by atoms with Crippen LogP contribution in [0, 0.1) is 0 Å². The summed E-state index contributed by atoms with van der Waals surface area (Å²) in [6, 6.07) is 26.3. The summed E-state index contributed by atoms with van der Waals surface area (Å²) in [6.07, 6.45) is 0.927. The summed E-state index contributed by atoms with van der Waals surface area (Å²) in [7, 11) is -1.49. The van der Waals surface area contributed by atoms with Crippen molar-refractivity contribution in [3.8, 4) is 11.5 Å². The average molecular weight is 743 g/mol. The Kier molecular flexibility index (Phi) is 12.7. The quantitative estimate of drug-likeness (QED) is 0.150. The number of halogens is 2. The van der Waals surface area contributed by atoms with Gasteiger partial charge in [-0.25, -0.2) is 8.42 Å². The molecule has 0 spiro atoms. The molecule has 4 rings (SSSR count). The van der Waals surface area contributed by atoms with Crippen LogP contribution < -0.4 is 19.1 Å². The molecule has 9 nitrogen and oxygen atoms in total. The maximum Gasteiger partial charge on any atom is 0.264 e. The molecule has 0 fully saturated rings. The molecule has 4 aromatic carbocycles. The average Bonchev–Trinajstić information content (AvgIpc) is 3.08. The number of hydrogen-bond donors (Lipinski definition) is 1. The smallest absolute Gasteiger partial charge is 0.264 e. The van der Waals surface area contributed by atoms with E-state index in [9.17, 15) is 18.0 Å². The number of methoxy groups -OCH3 is 2. The van der Waals surface area contributed by atoms with Gasteiger partial charge in [0.1, 0.15) is 12.6 Å². The molecule has 0 radical (unpaired) electrons. The van der Waals surface area contributed by atoms with E-state index in [0.717, 1.165) is 19.9 Å². The molecule has 0 aliphatic rings. The number of hydrogen-bond acceptors (Lipinski definition) is 6. The van der Waals surface area contributed by atoms with Gasteiger partial charge in [-0.15, -0.1) is 0 Å². The molecule has 47 heavy (non-hydrogen) atoms. The minimum atomic E-state index is -4.35. The van der Waals surface area contributed by atoms with Crippen molar-refractivity contribution in [3.05, 3.63) is 118 Å². The van der Waals surface area contributed by atoms with Crippen LogP contribution in [0.4, 0.5) is 5.69 Å². The highest BCUT2D eigenvalue weighted by Crippen LogP contribution is 2.33. The topological polar surface area (TPSA) is 105 Å². The third-order valence-corrected chi connectivity index (χ3v) is 9.91. The van der Waals surface area contributed by atoms with Crippen LogP contribution in [0.3, 0.4) is 0 Å². The van der Waals surface area contributed by atoms with Crippen molar-refractivity contribution in [2.45, 2.75) is 37.2 Å². The fourth-order valence-corrected chi connectivity index (χ4v) is 7.00. The van der Waals surface area contributed by atoms with Crippen molar-refractivity contribution in [3.63, 3.8) is 0 Å². The van der Waals surface area contributed by atoms with E-state index in [2.05, 4.69) is 21.2 Å². The van der Waals surface area contributed by atoms with Crippen molar-refractivity contribution in [1.82, 2.24) is 10.2 Å². The van der Waals surface area contributed by atoms with Gasteiger partial charge < -0.3 is 19.7 Å². The molecule has 1 N–H and O–H groups in total. The largest absolute Gasteiger partial charge is 0.493 e. The maximum absolute atomic E-state index is 14.6. The number of nitrogens with zero attached hydrogens (tertiary/aromatic N) is 2. The number of carbonyl (C=O) groups excluding carboxylic acids is 2. The normalized spacial score (nSPS) is 11.8. The summed E-state index contributed by atoms with van der Waals surface area (Å²) in [5.74, 6) is -0.346. The predicted molar refractivity (Wildman–Crippen MR) is 187 cm³/mol. The van der Waals surface area contributed by atoms with Gasteiger partial charge in [-0.05, 0) is 66.1 Å². The van der Waals surface area contributed by atoms with Crippen LogP contribution in [0.5, 0.6) is 11.5 Å². The van der Waals surface area contributed by atoms with Crippen molar-refractivity contribution in [1.29, 1.82) is 0 Å². The minimum absolute atomic E-state index is 0.0557. The highest BCUT2D eigenvalue weighted by molar-refractivity contribution is 9.10. The monoisotopic (exact) mass is 741 g/mol. The minimum Gasteiger partial charge on any atom is -0.493 e. The summed E-state index contributed by atoms with van der Waals surface area (Å²) in [5, 5.41) is 3.34. The van der Waals surface area contributed by atoms with Crippen LogP contribution in [0.15, 0.2) is 106 Å². The van der Waals surface area contributed by atoms with E-state index in [1.807, 2.05) is 61.5 Å². The third-order valence-electron chi connectivity index (χ3n) is 7.40. The Morgan fingerprint density at radius 2 is 1.55 bits per heavy atom. The Hall–Kier alpha value is -4.06. The SMILES string of the molecule is CCCNC(=O)C(Cc1ccccc1)N(Cc1cccc(Br)c1)C(=O)CN(c1ccc(Cl)cc1)S(=O)(=O)c1ccc(OC)c(OC)c1. The second kappa shape index (κ2) is 16.7. The molecular weight excluding hydrogens is 706 g/mol. The molecular formula is C35H37BrClN3O6S. The van der Waals surface area contributed by atoms with Gasteiger partial charge in [0.05, 0.1) is 24.8 Å². The third kappa shape index (κ3) is 9.27. The lowest BCUT2D eigenvalue weighted by Crippen LogP contribution is -2.53. The fourth-order valence-electron chi connectivity index (χ4n) is 4.99. The predicted octanol–water partition coefficient (Wildman–Crippen LogP) is 6.48. The molecule has 0 saturated carbocycles. The molecule has 0 aromatic heterocycles. The summed E-state index contributed by atoms with van der Waals surface area (Å²) in [5.41, 5.74) is 1.83. The number of nitrogens with one attached hydrogen (secondary N) is 1. The van der Waals surface area contributed by atoms with Gasteiger partial charge in [0.15, 0.2) is 11.5 Å². The first-order chi connectivity index (χ1) is 22.6. The van der Waals surface area contributed by atoms with Crippen LogP contribution in [-0.2, 0) is 32.6 Å². The number of ether oxygens (including phenoxy) is 2. The van der Waals surface area contributed by atoms with Crippen LogP contribution in [0.2, 0.25) is 5.02 Å². The Labute approximate surface area is 289 Å². The zero-order valence-corrected chi connectivity index (χ0v) is 29.5. The Morgan fingerprint density at radius 1 is 0.872 bits per heavy atom. The van der Waals surface area contributed by atoms with Gasteiger partial charge in [-0.3, -0.25) is 13.9 Å². The maximum atomic E-state index is 14.6. The van der Waals surface area contributed by atoms with Crippen molar-refractivity contribution in [2.75, 3.05) is 31.6 Å². The number of rotatable bonds is 15. The lowest BCUT2D eigenvalue weighted by molar-refractivity contribution is -0.140. The molecule has 1 atom stereocenters. The van der Waals surface area contributed by atoms with Gasteiger partial charge in [0.25, 0.3) is 10.0 Å². The molecule has 248 valence electrons. The summed E-state index contributed by atoms with van der Waals surface area (Å²) in [6.45, 7) is 1.83. The van der Waals surface area contributed by atoms with Crippen molar-refractivity contribution >= 4 is 55.1 Å². The first kappa shape index (κ1) is 35.8. The van der Waals surface area contributed by atoms with Crippen molar-refractivity contribution < 1.29 is 27.5 Å². The van der Waals surface area contributed by atoms with Crippen LogP contribution in [0.25, 0.3) is 0 Å². The summed E-state index contributed by atoms with van der Waals surface area (Å²) < 4.78 is 41.1. The van der Waals surface area contributed by atoms with Gasteiger partial charge in [0, 0.05) is 35.1 Å². The Balaban J connectivity index is 1.82. The van der Waals surface area contributed by atoms with Crippen molar-refractivity contribution in [2.24, 2.45) is 0 Å². The molecule has 12 heteroatoms.